The van der Waals surface area contributed by atoms with Gasteiger partial charge in [-0.15, -0.1) is 0 Å². The molecule has 0 radical (unpaired) electrons. The number of sulfonamides is 1. The molecule has 1 aliphatic rings. The van der Waals surface area contributed by atoms with Crippen molar-refractivity contribution >= 4 is 27.2 Å². The van der Waals surface area contributed by atoms with E-state index in [9.17, 15) is 8.42 Å². The average molecular weight is 280 g/mol. The Morgan fingerprint density at radius 3 is 2.47 bits per heavy atom. The van der Waals surface area contributed by atoms with Gasteiger partial charge in [-0.2, -0.15) is 0 Å². The molecular formula is C10H20N2O3S2. The maximum atomic E-state index is 12.2. The van der Waals surface area contributed by atoms with E-state index in [-0.39, 0.29) is 4.99 Å². The summed E-state index contributed by atoms with van der Waals surface area (Å²) in [5, 5.41) is -0.794. The Balaban J connectivity index is 2.81. The summed E-state index contributed by atoms with van der Waals surface area (Å²) < 4.78 is 32.3. The summed E-state index contributed by atoms with van der Waals surface area (Å²) in [5.74, 6) is 0. The molecule has 1 unspecified atom stereocenters. The van der Waals surface area contributed by atoms with E-state index in [1.54, 1.807) is 6.92 Å². The smallest absolute Gasteiger partial charge is 0.221 e. The molecule has 1 atom stereocenters. The largest absolute Gasteiger partial charge is 0.392 e. The van der Waals surface area contributed by atoms with Crippen LogP contribution >= 0.6 is 12.2 Å². The highest BCUT2D eigenvalue weighted by Crippen LogP contribution is 2.22. The van der Waals surface area contributed by atoms with Gasteiger partial charge in [0.1, 0.15) is 5.25 Å². The molecule has 0 saturated carbocycles. The Bertz CT molecular complexity index is 375. The van der Waals surface area contributed by atoms with Crippen molar-refractivity contribution in [1.82, 2.24) is 4.72 Å². The predicted molar refractivity (Wildman–Crippen MR) is 71.4 cm³/mol. The molecular weight excluding hydrogens is 260 g/mol. The van der Waals surface area contributed by atoms with Crippen molar-refractivity contribution in [3.63, 3.8) is 0 Å². The molecule has 0 aromatic carbocycles. The molecule has 1 heterocycles. The Kier molecular flexibility index (Phi) is 4.88. The molecule has 0 amide bonds. The molecule has 0 spiro atoms. The second-order valence-corrected chi connectivity index (χ2v) is 6.95. The van der Waals surface area contributed by atoms with Crippen LogP contribution in [0.1, 0.15) is 33.1 Å². The molecule has 5 nitrogen and oxygen atoms in total. The van der Waals surface area contributed by atoms with Crippen LogP contribution in [0.5, 0.6) is 0 Å². The van der Waals surface area contributed by atoms with Crippen LogP contribution < -0.4 is 10.5 Å². The molecule has 0 aromatic heterocycles. The lowest BCUT2D eigenvalue weighted by atomic mass is 9.94. The van der Waals surface area contributed by atoms with E-state index in [1.807, 2.05) is 6.92 Å². The van der Waals surface area contributed by atoms with Crippen LogP contribution in [0.15, 0.2) is 0 Å². The van der Waals surface area contributed by atoms with E-state index >= 15 is 0 Å². The highest BCUT2D eigenvalue weighted by atomic mass is 32.2. The predicted octanol–water partition coefficient (Wildman–Crippen LogP) is 0.540. The van der Waals surface area contributed by atoms with E-state index in [1.165, 1.54) is 0 Å². The fraction of sp³-hybridized carbons (Fsp3) is 0.900. The molecule has 1 rings (SSSR count). The molecule has 1 aliphatic heterocycles. The van der Waals surface area contributed by atoms with Crippen molar-refractivity contribution in [2.45, 2.75) is 43.9 Å². The maximum Gasteiger partial charge on any atom is 0.221 e. The summed E-state index contributed by atoms with van der Waals surface area (Å²) in [5.41, 5.74) is 5.02. The van der Waals surface area contributed by atoms with Crippen molar-refractivity contribution in [3.8, 4) is 0 Å². The van der Waals surface area contributed by atoms with Gasteiger partial charge in [-0.25, -0.2) is 13.1 Å². The van der Waals surface area contributed by atoms with Gasteiger partial charge in [0.25, 0.3) is 0 Å². The number of hydrogen-bond acceptors (Lipinski definition) is 4. The highest BCUT2D eigenvalue weighted by Gasteiger charge is 2.36. The minimum atomic E-state index is -3.50. The number of hydrogen-bond donors (Lipinski definition) is 2. The second-order valence-electron chi connectivity index (χ2n) is 4.62. The van der Waals surface area contributed by atoms with Crippen LogP contribution in [0.4, 0.5) is 0 Å². The zero-order chi connectivity index (χ0) is 13.1. The number of ether oxygens (including phenoxy) is 1. The van der Waals surface area contributed by atoms with Crippen molar-refractivity contribution in [3.05, 3.63) is 0 Å². The minimum Gasteiger partial charge on any atom is -0.392 e. The third-order valence-electron chi connectivity index (χ3n) is 3.05. The summed E-state index contributed by atoms with van der Waals surface area (Å²) in [4.78, 5) is 0.0238. The van der Waals surface area contributed by atoms with E-state index in [0.29, 0.717) is 32.5 Å². The van der Waals surface area contributed by atoms with Gasteiger partial charge >= 0.3 is 0 Å². The third-order valence-corrected chi connectivity index (χ3v) is 5.60. The van der Waals surface area contributed by atoms with Gasteiger partial charge in [0, 0.05) is 18.8 Å². The maximum absolute atomic E-state index is 12.2. The molecule has 0 aliphatic carbocycles. The highest BCUT2D eigenvalue weighted by molar-refractivity contribution is 7.93. The zero-order valence-electron chi connectivity index (χ0n) is 10.2. The summed E-state index contributed by atoms with van der Waals surface area (Å²) in [6, 6.07) is 0. The minimum absolute atomic E-state index is 0.0238. The third kappa shape index (κ3) is 3.87. The molecule has 3 N–H and O–H groups in total. The van der Waals surface area contributed by atoms with Gasteiger partial charge in [0.05, 0.1) is 4.99 Å². The van der Waals surface area contributed by atoms with Crippen LogP contribution in [0.25, 0.3) is 0 Å². The summed E-state index contributed by atoms with van der Waals surface area (Å²) in [7, 11) is -3.50. The first-order chi connectivity index (χ1) is 7.81. The van der Waals surface area contributed by atoms with Crippen LogP contribution in [0, 0.1) is 0 Å². The molecule has 1 saturated heterocycles. The molecule has 7 heteroatoms. The van der Waals surface area contributed by atoms with Gasteiger partial charge in [0.15, 0.2) is 0 Å². The van der Waals surface area contributed by atoms with Crippen LogP contribution in [0.2, 0.25) is 0 Å². The Morgan fingerprint density at radius 1 is 1.53 bits per heavy atom. The van der Waals surface area contributed by atoms with Crippen molar-refractivity contribution < 1.29 is 13.2 Å². The van der Waals surface area contributed by atoms with Crippen molar-refractivity contribution in [1.29, 1.82) is 0 Å². The number of rotatable bonds is 5. The summed E-state index contributed by atoms with van der Waals surface area (Å²) in [6.45, 7) is 4.79. The zero-order valence-corrected chi connectivity index (χ0v) is 11.9. The van der Waals surface area contributed by atoms with E-state index in [4.69, 9.17) is 22.7 Å². The number of thiocarbonyl (C=S) groups is 1. The quantitative estimate of drug-likeness (QED) is 0.718. The Morgan fingerprint density at radius 2 is 2.06 bits per heavy atom. The SMILES string of the molecule is CCC(C(N)=S)S(=O)(=O)NC1(C)CCOCC1. The van der Waals surface area contributed by atoms with Gasteiger partial charge in [-0.1, -0.05) is 19.1 Å². The Labute approximate surface area is 108 Å². The summed E-state index contributed by atoms with van der Waals surface area (Å²) in [6.07, 6.45) is 1.72. The van der Waals surface area contributed by atoms with Crippen LogP contribution in [-0.4, -0.2) is 37.4 Å². The van der Waals surface area contributed by atoms with Crippen molar-refractivity contribution in [2.24, 2.45) is 5.73 Å². The molecule has 17 heavy (non-hydrogen) atoms. The normalized spacial score (nSPS) is 22.0. The first-order valence-electron chi connectivity index (χ1n) is 5.70. The number of nitrogens with one attached hydrogen (secondary N) is 1. The van der Waals surface area contributed by atoms with Crippen LogP contribution in [0.3, 0.4) is 0 Å². The molecule has 100 valence electrons. The lowest BCUT2D eigenvalue weighted by Gasteiger charge is -2.35. The Hall–Kier alpha value is -0.240. The topological polar surface area (TPSA) is 81.4 Å². The lowest BCUT2D eigenvalue weighted by Crippen LogP contribution is -2.54. The second kappa shape index (κ2) is 5.60. The molecule has 0 aromatic rings. The van der Waals surface area contributed by atoms with Gasteiger partial charge < -0.3 is 10.5 Å². The first kappa shape index (κ1) is 14.8. The fourth-order valence-electron chi connectivity index (χ4n) is 1.91. The fourth-order valence-corrected chi connectivity index (χ4v) is 4.24. The average Bonchev–Trinajstić information content (AvgIpc) is 2.16. The van der Waals surface area contributed by atoms with Gasteiger partial charge in [-0.3, -0.25) is 0 Å². The van der Waals surface area contributed by atoms with Gasteiger partial charge in [-0.05, 0) is 26.2 Å². The summed E-state index contributed by atoms with van der Waals surface area (Å²) >= 11 is 4.80. The van der Waals surface area contributed by atoms with Crippen LogP contribution in [-0.2, 0) is 14.8 Å². The van der Waals surface area contributed by atoms with Gasteiger partial charge in [0.2, 0.25) is 10.0 Å². The number of nitrogens with two attached hydrogens (primary N) is 1. The molecule has 1 fully saturated rings. The first-order valence-corrected chi connectivity index (χ1v) is 7.66. The standard InChI is InChI=1S/C10H20N2O3S2/c1-3-8(9(11)16)17(13,14)12-10(2)4-6-15-7-5-10/h8,12H,3-7H2,1-2H3,(H2,11,16). The monoisotopic (exact) mass is 280 g/mol. The van der Waals surface area contributed by atoms with E-state index in [0.717, 1.165) is 0 Å². The van der Waals surface area contributed by atoms with Crippen molar-refractivity contribution in [2.75, 3.05) is 13.2 Å². The molecule has 0 bridgehead atoms. The lowest BCUT2D eigenvalue weighted by molar-refractivity contribution is 0.0537. The van der Waals surface area contributed by atoms with E-state index < -0.39 is 20.8 Å². The van der Waals surface area contributed by atoms with E-state index in [2.05, 4.69) is 4.72 Å².